The van der Waals surface area contributed by atoms with Crippen LogP contribution < -0.4 is 4.90 Å². The average molecular weight is 283 g/mol. The second-order valence-corrected chi connectivity index (χ2v) is 5.46. The number of rotatable bonds is 2. The Morgan fingerprint density at radius 3 is 3.26 bits per heavy atom. The predicted molar refractivity (Wildman–Crippen MR) is 70.2 cm³/mol. The molecule has 3 heterocycles. The number of anilines is 1. The molecule has 2 atom stereocenters. The maximum absolute atomic E-state index is 12.1. The predicted octanol–water partition coefficient (Wildman–Crippen LogP) is 1.36. The van der Waals surface area contributed by atoms with Gasteiger partial charge in [-0.3, -0.25) is 4.79 Å². The molecule has 6 heteroatoms. The van der Waals surface area contributed by atoms with Crippen molar-refractivity contribution in [3.8, 4) is 0 Å². The van der Waals surface area contributed by atoms with Crippen LogP contribution in [0.25, 0.3) is 0 Å². The lowest BCUT2D eigenvalue weighted by Gasteiger charge is -2.24. The third-order valence-electron chi connectivity index (χ3n) is 4.00. The van der Waals surface area contributed by atoms with Crippen LogP contribution in [-0.4, -0.2) is 44.4 Å². The van der Waals surface area contributed by atoms with E-state index in [2.05, 4.69) is 4.98 Å². The summed E-state index contributed by atoms with van der Waals surface area (Å²) in [6.07, 6.45) is 1.70. The fourth-order valence-corrected chi connectivity index (χ4v) is 3.24. The Labute approximate surface area is 116 Å². The molecule has 19 heavy (non-hydrogen) atoms. The van der Waals surface area contributed by atoms with Gasteiger partial charge < -0.3 is 14.4 Å². The van der Waals surface area contributed by atoms with Crippen LogP contribution in [0.4, 0.5) is 5.82 Å². The lowest BCUT2D eigenvalue weighted by molar-refractivity contribution is -0.152. The monoisotopic (exact) mass is 282 g/mol. The van der Waals surface area contributed by atoms with E-state index >= 15 is 0 Å². The topological polar surface area (TPSA) is 51.7 Å². The number of hydrogen-bond acceptors (Lipinski definition) is 5. The van der Waals surface area contributed by atoms with Crippen molar-refractivity contribution in [2.75, 3.05) is 38.3 Å². The summed E-state index contributed by atoms with van der Waals surface area (Å²) in [6, 6.07) is 3.60. The van der Waals surface area contributed by atoms with Crippen LogP contribution in [-0.2, 0) is 14.3 Å². The minimum Gasteiger partial charge on any atom is -0.468 e. The van der Waals surface area contributed by atoms with Gasteiger partial charge in [-0.1, -0.05) is 11.6 Å². The minimum absolute atomic E-state index is 0.137. The summed E-state index contributed by atoms with van der Waals surface area (Å²) in [6.45, 7) is 2.24. The summed E-state index contributed by atoms with van der Waals surface area (Å²) >= 11 is 6.17. The molecule has 0 spiro atoms. The number of esters is 1. The molecule has 102 valence electrons. The molecule has 0 amide bonds. The number of methoxy groups -OCH3 is 1. The van der Waals surface area contributed by atoms with Crippen LogP contribution in [0.3, 0.4) is 0 Å². The summed E-state index contributed by atoms with van der Waals surface area (Å²) in [5.74, 6) is 0.657. The van der Waals surface area contributed by atoms with Gasteiger partial charge in [-0.05, 0) is 12.1 Å². The molecule has 0 aromatic carbocycles. The van der Waals surface area contributed by atoms with E-state index in [0.29, 0.717) is 31.3 Å². The van der Waals surface area contributed by atoms with E-state index in [-0.39, 0.29) is 11.9 Å². The van der Waals surface area contributed by atoms with E-state index in [9.17, 15) is 4.79 Å². The second kappa shape index (κ2) is 4.65. The molecular weight excluding hydrogens is 268 g/mol. The smallest absolute Gasteiger partial charge is 0.316 e. The molecular formula is C13H15ClN2O3. The normalized spacial score (nSPS) is 29.4. The number of hydrogen-bond donors (Lipinski definition) is 0. The average Bonchev–Trinajstić information content (AvgIpc) is 2.95. The first-order valence-electron chi connectivity index (χ1n) is 6.19. The van der Waals surface area contributed by atoms with Gasteiger partial charge >= 0.3 is 5.97 Å². The maximum atomic E-state index is 12.1. The Morgan fingerprint density at radius 2 is 2.53 bits per heavy atom. The molecule has 1 aromatic rings. The third kappa shape index (κ3) is 1.88. The molecule has 0 saturated carbocycles. The van der Waals surface area contributed by atoms with Gasteiger partial charge in [0, 0.05) is 25.2 Å². The zero-order valence-electron chi connectivity index (χ0n) is 10.6. The highest BCUT2D eigenvalue weighted by Crippen LogP contribution is 2.44. The van der Waals surface area contributed by atoms with Gasteiger partial charge in [-0.2, -0.15) is 0 Å². The van der Waals surface area contributed by atoms with E-state index in [1.807, 2.05) is 4.90 Å². The number of pyridine rings is 1. The fraction of sp³-hybridized carbons (Fsp3) is 0.538. The molecule has 5 nitrogen and oxygen atoms in total. The van der Waals surface area contributed by atoms with Crippen molar-refractivity contribution >= 4 is 23.4 Å². The highest BCUT2D eigenvalue weighted by Gasteiger charge is 2.57. The van der Waals surface area contributed by atoms with Crippen molar-refractivity contribution in [2.24, 2.45) is 11.3 Å². The Bertz CT molecular complexity index is 510. The lowest BCUT2D eigenvalue weighted by Crippen LogP contribution is -2.40. The van der Waals surface area contributed by atoms with Crippen molar-refractivity contribution in [1.29, 1.82) is 0 Å². The zero-order chi connectivity index (χ0) is 13.5. The summed E-state index contributed by atoms with van der Waals surface area (Å²) in [5, 5.41) is 0.600. The Hall–Kier alpha value is -1.33. The molecule has 2 aliphatic rings. The second-order valence-electron chi connectivity index (χ2n) is 5.05. The molecule has 0 N–H and O–H groups in total. The molecule has 0 unspecified atom stereocenters. The number of aromatic nitrogens is 1. The number of carbonyl (C=O) groups excluding carboxylic acids is 1. The maximum Gasteiger partial charge on any atom is 0.316 e. The van der Waals surface area contributed by atoms with E-state index in [1.165, 1.54) is 7.11 Å². The standard InChI is InChI=1S/C13H15ClN2O3/c1-18-12(17)13-7-16(5-9(13)6-19-8-13)11-10(14)3-2-4-15-11/h2-4,9H,5-8H2,1H3/t9-,13-/m0/s1. The van der Waals surface area contributed by atoms with Crippen molar-refractivity contribution in [2.45, 2.75) is 0 Å². The van der Waals surface area contributed by atoms with E-state index in [4.69, 9.17) is 21.1 Å². The molecule has 2 aliphatic heterocycles. The van der Waals surface area contributed by atoms with Gasteiger partial charge in [0.15, 0.2) is 0 Å². The molecule has 3 rings (SSSR count). The first-order chi connectivity index (χ1) is 9.17. The molecule has 0 aliphatic carbocycles. The fourth-order valence-electron chi connectivity index (χ4n) is 3.00. The molecule has 0 radical (unpaired) electrons. The summed E-state index contributed by atoms with van der Waals surface area (Å²) in [7, 11) is 1.42. The SMILES string of the molecule is COC(=O)[C@@]12COC[C@@H]1CN(c1ncccc1Cl)C2. The van der Waals surface area contributed by atoms with Crippen LogP contribution in [0.5, 0.6) is 0 Å². The van der Waals surface area contributed by atoms with Gasteiger partial charge in [0.25, 0.3) is 0 Å². The first-order valence-corrected chi connectivity index (χ1v) is 6.57. The van der Waals surface area contributed by atoms with E-state index < -0.39 is 5.41 Å². The largest absolute Gasteiger partial charge is 0.468 e. The minimum atomic E-state index is -0.574. The van der Waals surface area contributed by atoms with E-state index in [1.54, 1.807) is 18.3 Å². The quantitative estimate of drug-likeness (QED) is 0.767. The van der Waals surface area contributed by atoms with Gasteiger partial charge in [-0.15, -0.1) is 0 Å². The van der Waals surface area contributed by atoms with Gasteiger partial charge in [0.2, 0.25) is 0 Å². The zero-order valence-corrected chi connectivity index (χ0v) is 11.4. The van der Waals surface area contributed by atoms with Crippen LogP contribution in [0.2, 0.25) is 5.02 Å². The summed E-state index contributed by atoms with van der Waals surface area (Å²) in [5.41, 5.74) is -0.574. The van der Waals surface area contributed by atoms with Gasteiger partial charge in [-0.25, -0.2) is 4.98 Å². The van der Waals surface area contributed by atoms with Gasteiger partial charge in [0.1, 0.15) is 11.2 Å². The van der Waals surface area contributed by atoms with Crippen LogP contribution in [0.1, 0.15) is 0 Å². The molecule has 0 bridgehead atoms. The van der Waals surface area contributed by atoms with Crippen molar-refractivity contribution in [1.82, 2.24) is 4.98 Å². The highest BCUT2D eigenvalue weighted by atomic mass is 35.5. The Balaban J connectivity index is 1.90. The third-order valence-corrected chi connectivity index (χ3v) is 4.30. The first kappa shape index (κ1) is 12.7. The summed E-state index contributed by atoms with van der Waals surface area (Å²) in [4.78, 5) is 18.4. The Morgan fingerprint density at radius 1 is 1.68 bits per heavy atom. The number of nitrogens with zero attached hydrogens (tertiary/aromatic N) is 2. The number of carbonyl (C=O) groups is 1. The van der Waals surface area contributed by atoms with Crippen molar-refractivity contribution in [3.63, 3.8) is 0 Å². The highest BCUT2D eigenvalue weighted by molar-refractivity contribution is 6.32. The number of ether oxygens (including phenoxy) is 2. The molecule has 2 fully saturated rings. The molecule has 1 aromatic heterocycles. The lowest BCUT2D eigenvalue weighted by atomic mass is 9.81. The number of fused-ring (bicyclic) bond motifs is 1. The van der Waals surface area contributed by atoms with Crippen LogP contribution in [0.15, 0.2) is 18.3 Å². The van der Waals surface area contributed by atoms with Crippen LogP contribution in [0, 0.1) is 11.3 Å². The van der Waals surface area contributed by atoms with Crippen molar-refractivity contribution < 1.29 is 14.3 Å². The van der Waals surface area contributed by atoms with E-state index in [0.717, 1.165) is 5.82 Å². The molecule has 2 saturated heterocycles. The van der Waals surface area contributed by atoms with Gasteiger partial charge in [0.05, 0.1) is 25.3 Å². The van der Waals surface area contributed by atoms with Crippen LogP contribution >= 0.6 is 11.6 Å². The summed E-state index contributed by atoms with van der Waals surface area (Å²) < 4.78 is 10.4. The van der Waals surface area contributed by atoms with Crippen molar-refractivity contribution in [3.05, 3.63) is 23.4 Å². The number of halogens is 1. The Kier molecular flexibility index (Phi) is 3.11.